The standard InChI is InChI=1S/C18H24N2O/c1-15-7-3-4-9-18(15)21-14-6-11-19-12-13-20-10-5-8-17(20)16(19)2/h3-5,7-10,16H,6,11-14H2,1-2H3. The first-order valence-corrected chi connectivity index (χ1v) is 7.83. The molecule has 1 aliphatic rings. The molecule has 0 fully saturated rings. The van der Waals surface area contributed by atoms with Crippen LogP contribution in [0.5, 0.6) is 5.75 Å². The molecule has 112 valence electrons. The molecule has 3 heteroatoms. The molecule has 0 bridgehead atoms. The van der Waals surface area contributed by atoms with E-state index in [1.54, 1.807) is 0 Å². The summed E-state index contributed by atoms with van der Waals surface area (Å²) in [6.45, 7) is 8.51. The van der Waals surface area contributed by atoms with Gasteiger partial charge in [0.15, 0.2) is 0 Å². The Balaban J connectivity index is 1.47. The molecule has 0 saturated carbocycles. The van der Waals surface area contributed by atoms with Crippen LogP contribution in [0.4, 0.5) is 0 Å². The Morgan fingerprint density at radius 1 is 1.14 bits per heavy atom. The first-order chi connectivity index (χ1) is 10.3. The van der Waals surface area contributed by atoms with Crippen LogP contribution in [0.2, 0.25) is 0 Å². The van der Waals surface area contributed by atoms with E-state index in [0.29, 0.717) is 6.04 Å². The van der Waals surface area contributed by atoms with Crippen molar-refractivity contribution in [2.75, 3.05) is 19.7 Å². The lowest BCUT2D eigenvalue weighted by molar-refractivity contribution is 0.155. The van der Waals surface area contributed by atoms with Crippen LogP contribution < -0.4 is 4.74 Å². The van der Waals surface area contributed by atoms with Gasteiger partial charge >= 0.3 is 0 Å². The zero-order chi connectivity index (χ0) is 14.7. The molecule has 0 saturated heterocycles. The van der Waals surface area contributed by atoms with Crippen LogP contribution in [0.1, 0.15) is 30.6 Å². The second-order valence-corrected chi connectivity index (χ2v) is 5.81. The molecule has 1 aromatic heterocycles. The summed E-state index contributed by atoms with van der Waals surface area (Å²) < 4.78 is 8.25. The third-order valence-corrected chi connectivity index (χ3v) is 4.41. The SMILES string of the molecule is Cc1ccccc1OCCCN1CCn2cccc2C1C. The molecule has 1 atom stereocenters. The normalized spacial score (nSPS) is 18.5. The van der Waals surface area contributed by atoms with Crippen molar-refractivity contribution in [2.24, 2.45) is 0 Å². The maximum atomic E-state index is 5.89. The van der Waals surface area contributed by atoms with Crippen molar-refractivity contribution >= 4 is 0 Å². The van der Waals surface area contributed by atoms with Crippen LogP contribution >= 0.6 is 0 Å². The molecule has 1 unspecified atom stereocenters. The quantitative estimate of drug-likeness (QED) is 0.780. The van der Waals surface area contributed by atoms with E-state index in [-0.39, 0.29) is 0 Å². The highest BCUT2D eigenvalue weighted by molar-refractivity contribution is 5.31. The number of ether oxygens (including phenoxy) is 1. The second-order valence-electron chi connectivity index (χ2n) is 5.81. The fourth-order valence-corrected chi connectivity index (χ4v) is 3.10. The van der Waals surface area contributed by atoms with E-state index in [2.05, 4.69) is 47.7 Å². The van der Waals surface area contributed by atoms with Gasteiger partial charge in [-0.25, -0.2) is 0 Å². The van der Waals surface area contributed by atoms with Gasteiger partial charge in [-0.15, -0.1) is 0 Å². The van der Waals surface area contributed by atoms with Gasteiger partial charge in [0.05, 0.1) is 6.61 Å². The highest BCUT2D eigenvalue weighted by Gasteiger charge is 2.22. The third kappa shape index (κ3) is 3.13. The number of aromatic nitrogens is 1. The molecule has 3 rings (SSSR count). The van der Waals surface area contributed by atoms with E-state index in [9.17, 15) is 0 Å². The molecule has 2 aromatic rings. The maximum Gasteiger partial charge on any atom is 0.122 e. The highest BCUT2D eigenvalue weighted by atomic mass is 16.5. The topological polar surface area (TPSA) is 17.4 Å². The van der Waals surface area contributed by atoms with Crippen molar-refractivity contribution < 1.29 is 4.74 Å². The summed E-state index contributed by atoms with van der Waals surface area (Å²) in [5, 5.41) is 0. The van der Waals surface area contributed by atoms with Crippen molar-refractivity contribution in [3.8, 4) is 5.75 Å². The van der Waals surface area contributed by atoms with Gasteiger partial charge < -0.3 is 9.30 Å². The van der Waals surface area contributed by atoms with Gasteiger partial charge in [-0.05, 0) is 44.0 Å². The van der Waals surface area contributed by atoms with Crippen LogP contribution in [0, 0.1) is 6.92 Å². The molecule has 3 nitrogen and oxygen atoms in total. The summed E-state index contributed by atoms with van der Waals surface area (Å²) in [6, 6.07) is 13.1. The van der Waals surface area contributed by atoms with E-state index in [4.69, 9.17) is 4.74 Å². The Kier molecular flexibility index (Phi) is 4.30. The number of nitrogens with zero attached hydrogens (tertiary/aromatic N) is 2. The summed E-state index contributed by atoms with van der Waals surface area (Å²) >= 11 is 0. The summed E-state index contributed by atoms with van der Waals surface area (Å²) in [6.07, 6.45) is 3.25. The molecular formula is C18H24N2O. The van der Waals surface area contributed by atoms with E-state index < -0.39 is 0 Å². The zero-order valence-corrected chi connectivity index (χ0v) is 13.0. The van der Waals surface area contributed by atoms with Crippen LogP contribution in [-0.2, 0) is 6.54 Å². The van der Waals surface area contributed by atoms with E-state index >= 15 is 0 Å². The number of rotatable bonds is 5. The van der Waals surface area contributed by atoms with E-state index in [1.165, 1.54) is 11.3 Å². The number of fused-ring (bicyclic) bond motifs is 1. The van der Waals surface area contributed by atoms with Gasteiger partial charge in [0.1, 0.15) is 5.75 Å². The largest absolute Gasteiger partial charge is 0.493 e. The number of hydrogen-bond donors (Lipinski definition) is 0. The summed E-state index contributed by atoms with van der Waals surface area (Å²) in [5.41, 5.74) is 2.64. The fourth-order valence-electron chi connectivity index (χ4n) is 3.10. The van der Waals surface area contributed by atoms with Gasteiger partial charge in [0, 0.05) is 37.6 Å². The van der Waals surface area contributed by atoms with Gasteiger partial charge in [-0.2, -0.15) is 0 Å². The number of para-hydroxylation sites is 1. The molecule has 0 radical (unpaired) electrons. The lowest BCUT2D eigenvalue weighted by Crippen LogP contribution is -2.37. The van der Waals surface area contributed by atoms with Gasteiger partial charge in [0.2, 0.25) is 0 Å². The number of benzene rings is 1. The first-order valence-electron chi connectivity index (χ1n) is 7.83. The van der Waals surface area contributed by atoms with Crippen molar-refractivity contribution in [3.05, 3.63) is 53.9 Å². The predicted molar refractivity (Wildman–Crippen MR) is 85.7 cm³/mol. The van der Waals surface area contributed by atoms with E-state index in [0.717, 1.165) is 38.4 Å². The minimum atomic E-state index is 0.507. The first kappa shape index (κ1) is 14.2. The lowest BCUT2D eigenvalue weighted by Gasteiger charge is -2.34. The molecule has 21 heavy (non-hydrogen) atoms. The third-order valence-electron chi connectivity index (χ3n) is 4.41. The minimum Gasteiger partial charge on any atom is -0.493 e. The van der Waals surface area contributed by atoms with Crippen molar-refractivity contribution in [2.45, 2.75) is 32.9 Å². The summed E-state index contributed by atoms with van der Waals surface area (Å²) in [7, 11) is 0. The molecule has 1 aliphatic heterocycles. The van der Waals surface area contributed by atoms with Crippen molar-refractivity contribution in [3.63, 3.8) is 0 Å². The van der Waals surface area contributed by atoms with Crippen molar-refractivity contribution in [1.29, 1.82) is 0 Å². The Labute approximate surface area is 127 Å². The minimum absolute atomic E-state index is 0.507. The van der Waals surface area contributed by atoms with Crippen molar-refractivity contribution in [1.82, 2.24) is 9.47 Å². The Morgan fingerprint density at radius 2 is 2.00 bits per heavy atom. The van der Waals surface area contributed by atoms with E-state index in [1.807, 2.05) is 18.2 Å². The molecule has 1 aromatic carbocycles. The van der Waals surface area contributed by atoms with Crippen LogP contribution in [-0.4, -0.2) is 29.2 Å². The Bertz CT molecular complexity index is 590. The number of hydrogen-bond acceptors (Lipinski definition) is 2. The lowest BCUT2D eigenvalue weighted by atomic mass is 10.1. The van der Waals surface area contributed by atoms with Gasteiger partial charge in [0.25, 0.3) is 0 Å². The van der Waals surface area contributed by atoms with Crippen LogP contribution in [0.15, 0.2) is 42.6 Å². The summed E-state index contributed by atoms with van der Waals surface area (Å²) in [5.74, 6) is 1.01. The Hall–Kier alpha value is -1.74. The monoisotopic (exact) mass is 284 g/mol. The predicted octanol–water partition coefficient (Wildman–Crippen LogP) is 3.64. The zero-order valence-electron chi connectivity index (χ0n) is 13.0. The van der Waals surface area contributed by atoms with Crippen LogP contribution in [0.3, 0.4) is 0 Å². The molecule has 0 aliphatic carbocycles. The van der Waals surface area contributed by atoms with Gasteiger partial charge in [-0.1, -0.05) is 18.2 Å². The molecule has 0 amide bonds. The maximum absolute atomic E-state index is 5.89. The summed E-state index contributed by atoms with van der Waals surface area (Å²) in [4.78, 5) is 2.55. The average molecular weight is 284 g/mol. The molecule has 2 heterocycles. The molecule has 0 spiro atoms. The fraction of sp³-hybridized carbons (Fsp3) is 0.444. The number of aryl methyl sites for hydroxylation is 1. The van der Waals surface area contributed by atoms with Crippen LogP contribution in [0.25, 0.3) is 0 Å². The van der Waals surface area contributed by atoms with Gasteiger partial charge in [-0.3, -0.25) is 4.90 Å². The Morgan fingerprint density at radius 3 is 2.86 bits per heavy atom. The smallest absolute Gasteiger partial charge is 0.122 e. The average Bonchev–Trinajstić information content (AvgIpc) is 2.97. The molecule has 0 N–H and O–H groups in total. The second kappa shape index (κ2) is 6.35. The molecular weight excluding hydrogens is 260 g/mol. The highest BCUT2D eigenvalue weighted by Crippen LogP contribution is 2.25.